The second-order valence-electron chi connectivity index (χ2n) is 21.0. The highest BCUT2D eigenvalue weighted by Crippen LogP contribution is 2.14. The number of carbonyl (C=O) groups is 11. The van der Waals surface area contributed by atoms with E-state index in [9.17, 15) is 63.0 Å². The van der Waals surface area contributed by atoms with Gasteiger partial charge in [-0.25, -0.2) is 4.79 Å². The number of aliphatic imine (C=N–C) groups is 1. The molecule has 0 saturated carbocycles. The van der Waals surface area contributed by atoms with Crippen LogP contribution in [0.4, 0.5) is 0 Å². The summed E-state index contributed by atoms with van der Waals surface area (Å²) < 4.78 is 0. The van der Waals surface area contributed by atoms with Gasteiger partial charge >= 0.3 is 11.9 Å². The first kappa shape index (κ1) is 67.9. The van der Waals surface area contributed by atoms with E-state index in [-0.39, 0.29) is 50.5 Å². The molecule has 26 heteroatoms. The van der Waals surface area contributed by atoms with Gasteiger partial charge in [-0.05, 0) is 66.9 Å². The lowest BCUT2D eigenvalue weighted by Crippen LogP contribution is -2.62. The number of hydrogen-bond acceptors (Lipinski definition) is 13. The standard InChI is InChI=1S/C54H83N13O13/c1-28(2)24-37(62-45(71)34(55)25-32-16-11-9-12-17-32)48(74)63-39(27-41(69)70)49(75)61-36(21-22-40(56)68)46(72)60-35(20-15-23-59-54(57)58)47(73)65-42(29(3)4)51(77)64-38(26-33-18-13-10-14-19-33)50(76)66-43(30(5)6)52(78)67-44(31(7)8)53(79)80/h9-14,16-19,28-31,34-39,42-44H,15,20-27,55H2,1-8H3,(H2,56,68)(H,60,72)(H,61,75)(H,62,71)(H,63,74)(H,64,77)(H,65,73)(H,66,76)(H,67,78)(H,69,70)(H,79,80)(H4,57,58,59). The molecule has 0 aliphatic carbocycles. The fourth-order valence-corrected chi connectivity index (χ4v) is 8.13. The molecule has 0 spiro atoms. The van der Waals surface area contributed by atoms with Gasteiger partial charge in [0.05, 0.1) is 12.5 Å². The smallest absolute Gasteiger partial charge is 0.326 e. The number of carboxylic acids is 2. The molecule has 9 atom stereocenters. The van der Waals surface area contributed by atoms with Crippen LogP contribution in [0.15, 0.2) is 65.7 Å². The lowest BCUT2D eigenvalue weighted by Gasteiger charge is -2.30. The number of carboxylic acid groups (broad SMARTS) is 2. The molecule has 0 saturated heterocycles. The van der Waals surface area contributed by atoms with Crippen molar-refractivity contribution >= 4 is 71.1 Å². The van der Waals surface area contributed by atoms with Gasteiger partial charge < -0.3 is 75.7 Å². The molecule has 442 valence electrons. The summed E-state index contributed by atoms with van der Waals surface area (Å²) in [4.78, 5) is 152. The number of nitrogens with zero attached hydrogens (tertiary/aromatic N) is 1. The van der Waals surface area contributed by atoms with Crippen molar-refractivity contribution in [2.24, 2.45) is 51.6 Å². The van der Waals surface area contributed by atoms with Gasteiger partial charge in [-0.2, -0.15) is 0 Å². The van der Waals surface area contributed by atoms with Gasteiger partial charge in [0.2, 0.25) is 53.2 Å². The Hall–Kier alpha value is -8.16. The van der Waals surface area contributed by atoms with E-state index in [1.54, 1.807) is 116 Å². The van der Waals surface area contributed by atoms with Crippen LogP contribution in [0.2, 0.25) is 0 Å². The van der Waals surface area contributed by atoms with Crippen LogP contribution in [0.3, 0.4) is 0 Å². The average molecular weight is 1120 g/mol. The van der Waals surface area contributed by atoms with Crippen LogP contribution in [0.5, 0.6) is 0 Å². The maximum Gasteiger partial charge on any atom is 0.326 e. The lowest BCUT2D eigenvalue weighted by molar-refractivity contribution is -0.144. The first-order valence-corrected chi connectivity index (χ1v) is 26.6. The zero-order chi connectivity index (χ0) is 60.4. The first-order valence-electron chi connectivity index (χ1n) is 26.6. The number of aliphatic carboxylic acids is 2. The van der Waals surface area contributed by atoms with Gasteiger partial charge in [0.25, 0.3) is 0 Å². The summed E-state index contributed by atoms with van der Waals surface area (Å²) in [6.07, 6.45) is -2.03. The highest BCUT2D eigenvalue weighted by molar-refractivity contribution is 5.99. The number of guanidine groups is 1. The second kappa shape index (κ2) is 34.0. The number of nitrogens with two attached hydrogens (primary N) is 4. The maximum atomic E-state index is 14.4. The minimum Gasteiger partial charge on any atom is -0.481 e. The normalized spacial score (nSPS) is 14.6. The third-order valence-corrected chi connectivity index (χ3v) is 12.5. The number of nitrogens with one attached hydrogen (secondary N) is 8. The summed E-state index contributed by atoms with van der Waals surface area (Å²) in [7, 11) is 0. The Morgan fingerprint density at radius 1 is 0.475 bits per heavy atom. The number of primary amides is 1. The molecule has 0 radical (unpaired) electrons. The van der Waals surface area contributed by atoms with E-state index in [1.807, 2.05) is 0 Å². The minimum absolute atomic E-state index is 0.0359. The predicted octanol–water partition coefficient (Wildman–Crippen LogP) is -1.43. The van der Waals surface area contributed by atoms with Crippen molar-refractivity contribution in [3.8, 4) is 0 Å². The highest BCUT2D eigenvalue weighted by atomic mass is 16.4. The monoisotopic (exact) mass is 1120 g/mol. The van der Waals surface area contributed by atoms with Gasteiger partial charge in [-0.15, -0.1) is 0 Å². The Bertz CT molecular complexity index is 2450. The first-order chi connectivity index (χ1) is 37.5. The van der Waals surface area contributed by atoms with E-state index >= 15 is 0 Å². The quantitative estimate of drug-likeness (QED) is 0.0214. The third-order valence-electron chi connectivity index (χ3n) is 12.5. The van der Waals surface area contributed by atoms with Crippen molar-refractivity contribution in [2.75, 3.05) is 6.54 Å². The lowest BCUT2D eigenvalue weighted by atomic mass is 9.98. The molecule has 0 aromatic heterocycles. The second-order valence-corrected chi connectivity index (χ2v) is 21.0. The fourth-order valence-electron chi connectivity index (χ4n) is 8.13. The van der Waals surface area contributed by atoms with Crippen molar-refractivity contribution in [1.29, 1.82) is 0 Å². The summed E-state index contributed by atoms with van der Waals surface area (Å²) in [5.41, 5.74) is 24.0. The Labute approximate surface area is 466 Å². The molecule has 9 amide bonds. The number of benzene rings is 2. The van der Waals surface area contributed by atoms with Crippen molar-refractivity contribution in [2.45, 2.75) is 161 Å². The number of rotatable bonds is 35. The molecular weight excluding hydrogens is 1040 g/mol. The Morgan fingerprint density at radius 3 is 1.34 bits per heavy atom. The van der Waals surface area contributed by atoms with Crippen LogP contribution in [-0.2, 0) is 65.6 Å². The van der Waals surface area contributed by atoms with Crippen molar-refractivity contribution in [3.63, 3.8) is 0 Å². The molecule has 0 fully saturated rings. The molecule has 2 aromatic carbocycles. The van der Waals surface area contributed by atoms with Gasteiger partial charge in [-0.1, -0.05) is 116 Å². The summed E-state index contributed by atoms with van der Waals surface area (Å²) in [6, 6.07) is 4.74. The summed E-state index contributed by atoms with van der Waals surface area (Å²) in [6.45, 7) is 13.2. The fraction of sp³-hybridized carbons (Fsp3) is 0.556. The molecule has 0 aliphatic heterocycles. The van der Waals surface area contributed by atoms with Crippen molar-refractivity contribution in [1.82, 2.24) is 42.5 Å². The third kappa shape index (κ3) is 24.7. The van der Waals surface area contributed by atoms with Gasteiger partial charge in [0, 0.05) is 19.4 Å². The summed E-state index contributed by atoms with van der Waals surface area (Å²) >= 11 is 0. The molecular formula is C54H83N13O13. The zero-order valence-corrected chi connectivity index (χ0v) is 46.8. The molecule has 9 unspecified atom stereocenters. The topological polar surface area (TPSA) is 441 Å². The Balaban J connectivity index is 2.48. The SMILES string of the molecule is CC(C)CC(NC(=O)C(N)Cc1ccccc1)C(=O)NC(CC(=O)O)C(=O)NC(CCC(N)=O)C(=O)NC(CCCN=C(N)N)C(=O)NC(C(=O)NC(Cc1ccccc1)C(=O)NC(C(=O)NC(C(=O)O)C(C)C)C(C)C)C(C)C. The summed E-state index contributed by atoms with van der Waals surface area (Å²) in [5, 5.41) is 39.9. The van der Waals surface area contributed by atoms with Gasteiger partial charge in [-0.3, -0.25) is 52.9 Å². The van der Waals surface area contributed by atoms with Crippen LogP contribution < -0.4 is 65.5 Å². The maximum absolute atomic E-state index is 14.4. The van der Waals surface area contributed by atoms with E-state index in [0.717, 1.165) is 5.56 Å². The van der Waals surface area contributed by atoms with Crippen LogP contribution in [0.25, 0.3) is 0 Å². The van der Waals surface area contributed by atoms with E-state index in [4.69, 9.17) is 22.9 Å². The van der Waals surface area contributed by atoms with E-state index in [2.05, 4.69) is 47.5 Å². The van der Waals surface area contributed by atoms with E-state index < -0.39 is 156 Å². The average Bonchev–Trinajstić information content (AvgIpc) is 3.37. The van der Waals surface area contributed by atoms with Crippen LogP contribution >= 0.6 is 0 Å². The molecule has 26 nitrogen and oxygen atoms in total. The van der Waals surface area contributed by atoms with Crippen LogP contribution in [-0.4, -0.2) is 142 Å². The number of amides is 9. The molecule has 0 heterocycles. The minimum atomic E-state index is -1.85. The molecule has 0 aliphatic rings. The molecule has 18 N–H and O–H groups in total. The van der Waals surface area contributed by atoms with Crippen LogP contribution in [0.1, 0.15) is 105 Å². The van der Waals surface area contributed by atoms with Crippen LogP contribution in [0, 0.1) is 23.7 Å². The van der Waals surface area contributed by atoms with E-state index in [0.29, 0.717) is 5.56 Å². The van der Waals surface area contributed by atoms with Crippen molar-refractivity contribution in [3.05, 3.63) is 71.8 Å². The molecule has 2 aromatic rings. The number of hydrogen-bond donors (Lipinski definition) is 14. The zero-order valence-electron chi connectivity index (χ0n) is 46.8. The largest absolute Gasteiger partial charge is 0.481 e. The van der Waals surface area contributed by atoms with E-state index in [1.165, 1.54) is 0 Å². The predicted molar refractivity (Wildman–Crippen MR) is 296 cm³/mol. The Morgan fingerprint density at radius 2 is 0.875 bits per heavy atom. The highest BCUT2D eigenvalue weighted by Gasteiger charge is 2.37. The molecule has 2 rings (SSSR count). The molecule has 0 bridgehead atoms. The van der Waals surface area contributed by atoms with Crippen molar-refractivity contribution < 1.29 is 63.0 Å². The van der Waals surface area contributed by atoms with Gasteiger partial charge in [0.15, 0.2) is 5.96 Å². The summed E-state index contributed by atoms with van der Waals surface area (Å²) in [5.74, 6) is -13.2. The molecule has 80 heavy (non-hydrogen) atoms. The van der Waals surface area contributed by atoms with Gasteiger partial charge in [0.1, 0.15) is 48.3 Å². The Kier molecular flexibility index (Phi) is 28.9. The number of carbonyl (C=O) groups excluding carboxylic acids is 9.